The van der Waals surface area contributed by atoms with Gasteiger partial charge in [-0.1, -0.05) is 5.16 Å². The predicted molar refractivity (Wildman–Crippen MR) is 86.8 cm³/mol. The monoisotopic (exact) mass is 375 g/mol. The summed E-state index contributed by atoms with van der Waals surface area (Å²) in [7, 11) is -6.10. The summed E-state index contributed by atoms with van der Waals surface area (Å²) < 4.78 is 62.0. The molecule has 2 aromatic rings. The molecule has 1 aromatic carbocycles. The first-order valence-corrected chi connectivity index (χ1v) is 9.93. The molecule has 0 aliphatic heterocycles. The van der Waals surface area contributed by atoms with E-state index in [4.69, 9.17) is 9.26 Å². The molecule has 24 heavy (non-hydrogen) atoms. The van der Waals surface area contributed by atoms with E-state index in [-0.39, 0.29) is 17.3 Å². The first-order valence-electron chi connectivity index (χ1n) is 6.79. The zero-order chi connectivity index (χ0) is 17.8. The number of aryl methyl sites for hydroxylation is 1. The summed E-state index contributed by atoms with van der Waals surface area (Å²) in [6, 6.07) is 7.15. The lowest BCUT2D eigenvalue weighted by atomic mass is 10.3. The minimum Gasteiger partial charge on any atom is -0.497 e. The Hall–Kier alpha value is -2.11. The van der Waals surface area contributed by atoms with Crippen LogP contribution in [0.3, 0.4) is 0 Å². The molecule has 2 rings (SSSR count). The molecule has 0 atom stereocenters. The van der Waals surface area contributed by atoms with Gasteiger partial charge in [-0.2, -0.15) is 0 Å². The van der Waals surface area contributed by atoms with E-state index in [9.17, 15) is 16.8 Å². The average Bonchev–Trinajstić information content (AvgIpc) is 2.91. The highest BCUT2D eigenvalue weighted by Crippen LogP contribution is 2.15. The molecule has 0 aliphatic rings. The Labute approximate surface area is 140 Å². The van der Waals surface area contributed by atoms with Crippen LogP contribution < -0.4 is 14.2 Å². The van der Waals surface area contributed by atoms with E-state index in [1.165, 1.54) is 37.4 Å². The Morgan fingerprint density at radius 1 is 1.17 bits per heavy atom. The number of aromatic nitrogens is 1. The molecule has 0 amide bonds. The van der Waals surface area contributed by atoms with Crippen LogP contribution in [0.1, 0.15) is 5.76 Å². The maximum absolute atomic E-state index is 12.1. The highest BCUT2D eigenvalue weighted by molar-refractivity contribution is 7.92. The van der Waals surface area contributed by atoms with Crippen molar-refractivity contribution in [3.8, 4) is 5.75 Å². The molecule has 0 bridgehead atoms. The molecule has 0 fully saturated rings. The first kappa shape index (κ1) is 18.2. The van der Waals surface area contributed by atoms with Crippen molar-refractivity contribution in [2.75, 3.05) is 24.1 Å². The van der Waals surface area contributed by atoms with E-state index >= 15 is 0 Å². The van der Waals surface area contributed by atoms with E-state index in [1.54, 1.807) is 6.92 Å². The van der Waals surface area contributed by atoms with Crippen molar-refractivity contribution in [3.63, 3.8) is 0 Å². The quantitative estimate of drug-likeness (QED) is 0.695. The number of hydrogen-bond donors (Lipinski definition) is 2. The van der Waals surface area contributed by atoms with Crippen molar-refractivity contribution in [1.29, 1.82) is 0 Å². The number of nitrogens with zero attached hydrogens (tertiary/aromatic N) is 1. The van der Waals surface area contributed by atoms with Crippen molar-refractivity contribution < 1.29 is 26.1 Å². The van der Waals surface area contributed by atoms with Gasteiger partial charge in [0.1, 0.15) is 11.5 Å². The summed E-state index contributed by atoms with van der Waals surface area (Å²) in [5.74, 6) is 0.566. The van der Waals surface area contributed by atoms with Crippen LogP contribution >= 0.6 is 0 Å². The summed E-state index contributed by atoms with van der Waals surface area (Å²) in [5.41, 5.74) is 0. The highest BCUT2D eigenvalue weighted by Gasteiger charge is 2.17. The first-order chi connectivity index (χ1) is 11.2. The lowest BCUT2D eigenvalue weighted by Crippen LogP contribution is -2.31. The standard InChI is InChI=1S/C13H17N3O6S2/c1-10-9-13(15-22-10)16-23(17,18)8-7-14-24(19,20)12-5-3-11(21-2)4-6-12/h3-6,9,14H,7-8H2,1-2H3,(H,15,16). The summed E-state index contributed by atoms with van der Waals surface area (Å²) >= 11 is 0. The molecule has 2 N–H and O–H groups in total. The van der Waals surface area contributed by atoms with Gasteiger partial charge in [-0.3, -0.25) is 4.72 Å². The van der Waals surface area contributed by atoms with Crippen LogP contribution in [0.4, 0.5) is 5.82 Å². The van der Waals surface area contributed by atoms with Crippen molar-refractivity contribution in [2.45, 2.75) is 11.8 Å². The van der Waals surface area contributed by atoms with E-state index in [0.29, 0.717) is 11.5 Å². The lowest BCUT2D eigenvalue weighted by Gasteiger charge is -2.08. The van der Waals surface area contributed by atoms with Crippen molar-refractivity contribution >= 4 is 25.9 Å². The summed E-state index contributed by atoms with van der Waals surface area (Å²) in [6.45, 7) is 1.33. The molecule has 0 aliphatic carbocycles. The lowest BCUT2D eigenvalue weighted by molar-refractivity contribution is 0.400. The van der Waals surface area contributed by atoms with Gasteiger partial charge in [0.25, 0.3) is 0 Å². The highest BCUT2D eigenvalue weighted by atomic mass is 32.2. The van der Waals surface area contributed by atoms with Gasteiger partial charge in [-0.05, 0) is 31.2 Å². The summed E-state index contributed by atoms with van der Waals surface area (Å²) in [6.07, 6.45) is 0. The fraction of sp³-hybridized carbons (Fsp3) is 0.308. The largest absolute Gasteiger partial charge is 0.497 e. The van der Waals surface area contributed by atoms with Crippen molar-refractivity contribution in [1.82, 2.24) is 9.88 Å². The van der Waals surface area contributed by atoms with Gasteiger partial charge in [0.2, 0.25) is 20.0 Å². The number of sulfonamides is 2. The van der Waals surface area contributed by atoms with Crippen LogP contribution in [0.5, 0.6) is 5.75 Å². The SMILES string of the molecule is COc1ccc(S(=O)(=O)NCCS(=O)(=O)Nc2cc(C)on2)cc1. The zero-order valence-corrected chi connectivity index (χ0v) is 14.6. The maximum Gasteiger partial charge on any atom is 0.240 e. The molecular weight excluding hydrogens is 358 g/mol. The van der Waals surface area contributed by atoms with Gasteiger partial charge in [0.05, 0.1) is 17.8 Å². The Morgan fingerprint density at radius 3 is 2.38 bits per heavy atom. The van der Waals surface area contributed by atoms with Crippen LogP contribution in [-0.4, -0.2) is 41.4 Å². The fourth-order valence-corrected chi connectivity index (χ4v) is 3.82. The van der Waals surface area contributed by atoms with Crippen molar-refractivity contribution in [2.24, 2.45) is 0 Å². The zero-order valence-electron chi connectivity index (χ0n) is 13.0. The Bertz CT molecular complexity index is 888. The average molecular weight is 375 g/mol. The minimum absolute atomic E-state index is 0.0146. The third-order valence-electron chi connectivity index (χ3n) is 2.92. The Morgan fingerprint density at radius 2 is 1.83 bits per heavy atom. The Kier molecular flexibility index (Phi) is 5.47. The smallest absolute Gasteiger partial charge is 0.240 e. The number of rotatable bonds is 8. The summed E-state index contributed by atoms with van der Waals surface area (Å²) in [5, 5.41) is 3.51. The molecule has 0 unspecified atom stereocenters. The second-order valence-corrected chi connectivity index (χ2v) is 8.43. The Balaban J connectivity index is 1.94. The fourth-order valence-electron chi connectivity index (χ4n) is 1.77. The second-order valence-electron chi connectivity index (χ2n) is 4.82. The van der Waals surface area contributed by atoms with Gasteiger partial charge in [-0.25, -0.2) is 21.6 Å². The number of methoxy groups -OCH3 is 1. The molecule has 0 saturated carbocycles. The number of hydrogen-bond acceptors (Lipinski definition) is 7. The van der Waals surface area contributed by atoms with E-state index in [1.807, 2.05) is 0 Å². The van der Waals surface area contributed by atoms with Crippen LogP contribution in [0.15, 0.2) is 39.8 Å². The molecule has 0 radical (unpaired) electrons. The third-order valence-corrected chi connectivity index (χ3v) is 5.66. The molecule has 132 valence electrons. The number of nitrogens with one attached hydrogen (secondary N) is 2. The molecule has 11 heteroatoms. The molecule has 1 heterocycles. The van der Waals surface area contributed by atoms with Gasteiger partial charge >= 0.3 is 0 Å². The van der Waals surface area contributed by atoms with Crippen LogP contribution in [0.25, 0.3) is 0 Å². The van der Waals surface area contributed by atoms with Gasteiger partial charge < -0.3 is 9.26 Å². The number of benzene rings is 1. The van der Waals surface area contributed by atoms with E-state index in [0.717, 1.165) is 0 Å². The molecule has 0 saturated heterocycles. The van der Waals surface area contributed by atoms with Crippen LogP contribution in [-0.2, 0) is 20.0 Å². The molecule has 1 aromatic heterocycles. The van der Waals surface area contributed by atoms with Gasteiger partial charge in [0.15, 0.2) is 5.82 Å². The minimum atomic E-state index is -3.81. The molecular formula is C13H17N3O6S2. The molecule has 9 nitrogen and oxygen atoms in total. The van der Waals surface area contributed by atoms with Gasteiger partial charge in [0, 0.05) is 12.6 Å². The van der Waals surface area contributed by atoms with Crippen LogP contribution in [0, 0.1) is 6.92 Å². The topological polar surface area (TPSA) is 128 Å². The predicted octanol–water partition coefficient (Wildman–Crippen LogP) is 0.712. The molecule has 0 spiro atoms. The maximum atomic E-state index is 12.1. The second kappa shape index (κ2) is 7.20. The van der Waals surface area contributed by atoms with Crippen molar-refractivity contribution in [3.05, 3.63) is 36.1 Å². The number of ether oxygens (including phenoxy) is 1. The summed E-state index contributed by atoms with van der Waals surface area (Å²) in [4.78, 5) is 0.0146. The van der Waals surface area contributed by atoms with E-state index in [2.05, 4.69) is 14.6 Å². The van der Waals surface area contributed by atoms with E-state index < -0.39 is 25.8 Å². The van der Waals surface area contributed by atoms with Gasteiger partial charge in [-0.15, -0.1) is 0 Å². The van der Waals surface area contributed by atoms with Crippen LogP contribution in [0.2, 0.25) is 0 Å². The normalized spacial score (nSPS) is 12.1. The number of anilines is 1. The third kappa shape index (κ3) is 4.94.